The van der Waals surface area contributed by atoms with Gasteiger partial charge in [0.05, 0.1) is 0 Å². The Morgan fingerprint density at radius 3 is 0.912 bits per heavy atom. The minimum absolute atomic E-state index is 0.243. The zero-order chi connectivity index (χ0) is 23.2. The Labute approximate surface area is 196 Å². The Hall–Kier alpha value is -4.70. The normalized spacial score (nSPS) is 11.3. The van der Waals surface area contributed by atoms with Crippen molar-refractivity contribution in [3.8, 4) is 17.2 Å². The van der Waals surface area contributed by atoms with Crippen molar-refractivity contribution in [3.05, 3.63) is 109 Å². The molecular weight excluding hydrogens is 422 g/mol. The third-order valence-electron chi connectivity index (χ3n) is 6.20. The first-order valence-corrected chi connectivity index (χ1v) is 11.0. The van der Waals surface area contributed by atoms with Gasteiger partial charge in [0.1, 0.15) is 17.2 Å². The maximum Gasteiger partial charge on any atom is 0.116 e. The topological polar surface area (TPSA) is 63.9 Å². The molecule has 6 aromatic rings. The zero-order valence-electron chi connectivity index (χ0n) is 18.2. The van der Waals surface area contributed by atoms with E-state index in [-0.39, 0.29) is 17.2 Å². The van der Waals surface area contributed by atoms with Crippen molar-refractivity contribution in [2.45, 2.75) is 0 Å². The summed E-state index contributed by atoms with van der Waals surface area (Å²) in [6.07, 6.45) is 0. The molecule has 0 aliphatic carbocycles. The number of phenolic OH excluding ortho intramolecular Hbond substituents is 3. The monoisotopic (exact) mass is 443 g/mol. The summed E-state index contributed by atoms with van der Waals surface area (Å²) in [7, 11) is 0. The molecular formula is C30H21NO3. The van der Waals surface area contributed by atoms with Crippen molar-refractivity contribution in [1.29, 1.82) is 0 Å². The van der Waals surface area contributed by atoms with Gasteiger partial charge in [-0.1, -0.05) is 36.4 Å². The first-order chi connectivity index (χ1) is 16.5. The second kappa shape index (κ2) is 7.71. The van der Waals surface area contributed by atoms with Crippen LogP contribution >= 0.6 is 0 Å². The van der Waals surface area contributed by atoms with Crippen LogP contribution in [0.2, 0.25) is 0 Å². The van der Waals surface area contributed by atoms with Crippen LogP contribution in [0.25, 0.3) is 32.3 Å². The van der Waals surface area contributed by atoms with Crippen molar-refractivity contribution in [1.82, 2.24) is 0 Å². The van der Waals surface area contributed by atoms with Gasteiger partial charge in [-0.3, -0.25) is 0 Å². The summed E-state index contributed by atoms with van der Waals surface area (Å²) in [5, 5.41) is 35.5. The van der Waals surface area contributed by atoms with E-state index in [0.29, 0.717) is 0 Å². The predicted octanol–water partition coefficient (Wildman–Crippen LogP) is 7.73. The highest BCUT2D eigenvalue weighted by atomic mass is 16.3. The SMILES string of the molecule is Oc1ccc2cc(N(c3ccc4cc(O)ccc4c3)c3ccc4cc(O)ccc4c3)ccc2c1. The fourth-order valence-electron chi connectivity index (χ4n) is 4.53. The lowest BCUT2D eigenvalue weighted by molar-refractivity contribution is 0.475. The summed E-state index contributed by atoms with van der Waals surface area (Å²) in [6, 6.07) is 34.6. The lowest BCUT2D eigenvalue weighted by atomic mass is 10.0. The van der Waals surface area contributed by atoms with Gasteiger partial charge in [-0.25, -0.2) is 0 Å². The largest absolute Gasteiger partial charge is 0.508 e. The van der Waals surface area contributed by atoms with Crippen molar-refractivity contribution in [2.24, 2.45) is 0 Å². The average molecular weight is 444 g/mol. The quantitative estimate of drug-likeness (QED) is 0.262. The molecule has 0 aliphatic heterocycles. The molecule has 0 unspecified atom stereocenters. The van der Waals surface area contributed by atoms with Gasteiger partial charge in [-0.15, -0.1) is 0 Å². The van der Waals surface area contributed by atoms with Gasteiger partial charge in [0.25, 0.3) is 0 Å². The first kappa shape index (κ1) is 19.9. The van der Waals surface area contributed by atoms with Crippen molar-refractivity contribution in [2.75, 3.05) is 4.90 Å². The van der Waals surface area contributed by atoms with Gasteiger partial charge in [0.15, 0.2) is 0 Å². The standard InChI is InChI=1S/C30H21NO3/c32-28-10-4-19-13-25(7-1-22(19)16-28)31(26-8-2-23-17-29(33)11-5-20(23)14-26)27-9-3-24-18-30(34)12-6-21(24)15-27/h1-18,32-34H. The van der Waals surface area contributed by atoms with Gasteiger partial charge < -0.3 is 20.2 Å². The van der Waals surface area contributed by atoms with E-state index >= 15 is 0 Å². The number of anilines is 3. The molecule has 0 saturated heterocycles. The van der Waals surface area contributed by atoms with Gasteiger partial charge >= 0.3 is 0 Å². The highest BCUT2D eigenvalue weighted by molar-refractivity contribution is 5.95. The van der Waals surface area contributed by atoms with Gasteiger partial charge in [0, 0.05) is 17.1 Å². The molecule has 4 heteroatoms. The van der Waals surface area contributed by atoms with Gasteiger partial charge in [-0.05, 0) is 105 Å². The van der Waals surface area contributed by atoms with Crippen LogP contribution in [0.1, 0.15) is 0 Å². The second-order valence-corrected chi connectivity index (χ2v) is 8.48. The first-order valence-electron chi connectivity index (χ1n) is 11.0. The maximum atomic E-state index is 9.86. The van der Waals surface area contributed by atoms with Crippen molar-refractivity contribution >= 4 is 49.4 Å². The number of benzene rings is 6. The molecule has 0 radical (unpaired) electrons. The molecule has 0 saturated carbocycles. The van der Waals surface area contributed by atoms with Crippen LogP contribution < -0.4 is 4.90 Å². The summed E-state index contributed by atoms with van der Waals surface area (Å²) >= 11 is 0. The number of phenols is 3. The van der Waals surface area contributed by atoms with E-state index in [0.717, 1.165) is 49.4 Å². The van der Waals surface area contributed by atoms with Crippen molar-refractivity contribution < 1.29 is 15.3 Å². The van der Waals surface area contributed by atoms with E-state index in [1.807, 2.05) is 54.6 Å². The predicted molar refractivity (Wildman–Crippen MR) is 139 cm³/mol. The number of hydrogen-bond donors (Lipinski definition) is 3. The molecule has 0 atom stereocenters. The molecule has 0 aliphatic rings. The fourth-order valence-corrected chi connectivity index (χ4v) is 4.53. The zero-order valence-corrected chi connectivity index (χ0v) is 18.2. The number of nitrogens with zero attached hydrogens (tertiary/aromatic N) is 1. The van der Waals surface area contributed by atoms with E-state index in [4.69, 9.17) is 0 Å². The van der Waals surface area contributed by atoms with Crippen molar-refractivity contribution in [3.63, 3.8) is 0 Å². The Morgan fingerprint density at radius 1 is 0.324 bits per heavy atom. The molecule has 0 bridgehead atoms. The molecule has 0 aromatic heterocycles. The third-order valence-corrected chi connectivity index (χ3v) is 6.20. The van der Waals surface area contributed by atoms with Gasteiger partial charge in [0.2, 0.25) is 0 Å². The fraction of sp³-hybridized carbons (Fsp3) is 0. The second-order valence-electron chi connectivity index (χ2n) is 8.48. The van der Waals surface area contributed by atoms with Crippen LogP contribution in [0.5, 0.6) is 17.2 Å². The Kier molecular flexibility index (Phi) is 4.52. The molecule has 6 rings (SSSR count). The van der Waals surface area contributed by atoms with E-state index in [1.165, 1.54) is 0 Å². The summed E-state index contributed by atoms with van der Waals surface area (Å²) in [5.41, 5.74) is 2.94. The minimum Gasteiger partial charge on any atom is -0.508 e. The summed E-state index contributed by atoms with van der Waals surface area (Å²) < 4.78 is 0. The highest BCUT2D eigenvalue weighted by Gasteiger charge is 2.15. The van der Waals surface area contributed by atoms with Crippen LogP contribution in [-0.4, -0.2) is 15.3 Å². The molecule has 0 spiro atoms. The van der Waals surface area contributed by atoms with Crippen LogP contribution in [-0.2, 0) is 0 Å². The Balaban J connectivity index is 1.57. The molecule has 3 N–H and O–H groups in total. The Bertz CT molecular complexity index is 1500. The van der Waals surface area contributed by atoms with E-state index in [1.54, 1.807) is 36.4 Å². The van der Waals surface area contributed by atoms with Crippen LogP contribution in [0.3, 0.4) is 0 Å². The smallest absolute Gasteiger partial charge is 0.116 e. The molecule has 6 aromatic carbocycles. The van der Waals surface area contributed by atoms with Crippen LogP contribution in [0, 0.1) is 0 Å². The lowest BCUT2D eigenvalue weighted by Crippen LogP contribution is -2.10. The average Bonchev–Trinajstić information content (AvgIpc) is 2.84. The van der Waals surface area contributed by atoms with E-state index < -0.39 is 0 Å². The molecule has 0 fully saturated rings. The number of fused-ring (bicyclic) bond motifs is 3. The lowest BCUT2D eigenvalue weighted by Gasteiger charge is -2.26. The third kappa shape index (κ3) is 3.51. The van der Waals surface area contributed by atoms with E-state index in [9.17, 15) is 15.3 Å². The number of rotatable bonds is 3. The molecule has 0 heterocycles. The number of aromatic hydroxyl groups is 3. The van der Waals surface area contributed by atoms with Crippen LogP contribution in [0.4, 0.5) is 17.1 Å². The van der Waals surface area contributed by atoms with Gasteiger partial charge in [-0.2, -0.15) is 0 Å². The molecule has 164 valence electrons. The number of hydrogen-bond acceptors (Lipinski definition) is 4. The minimum atomic E-state index is 0.243. The molecule has 0 amide bonds. The van der Waals surface area contributed by atoms with E-state index in [2.05, 4.69) is 23.1 Å². The highest BCUT2D eigenvalue weighted by Crippen LogP contribution is 2.39. The van der Waals surface area contributed by atoms with Crippen LogP contribution in [0.15, 0.2) is 109 Å². The molecule has 34 heavy (non-hydrogen) atoms. The Morgan fingerprint density at radius 2 is 0.588 bits per heavy atom. The summed E-state index contributed by atoms with van der Waals surface area (Å²) in [6.45, 7) is 0. The molecule has 4 nitrogen and oxygen atoms in total. The summed E-state index contributed by atoms with van der Waals surface area (Å²) in [4.78, 5) is 2.19. The maximum absolute atomic E-state index is 9.86. The summed E-state index contributed by atoms with van der Waals surface area (Å²) in [5.74, 6) is 0.730.